The minimum atomic E-state index is -0.654. The van der Waals surface area contributed by atoms with Crippen molar-refractivity contribution in [2.24, 2.45) is 0 Å². The molecule has 6 heteroatoms. The number of ether oxygens (including phenoxy) is 2. The van der Waals surface area contributed by atoms with Crippen molar-refractivity contribution in [2.45, 2.75) is 39.0 Å². The Hall–Kier alpha value is -2.04. The van der Waals surface area contributed by atoms with Gasteiger partial charge in [0.1, 0.15) is 0 Å². The second kappa shape index (κ2) is 11.0. The van der Waals surface area contributed by atoms with Crippen LogP contribution in [0.15, 0.2) is 42.5 Å². The van der Waals surface area contributed by atoms with Gasteiger partial charge >= 0.3 is 11.9 Å². The predicted octanol–water partition coefficient (Wildman–Crippen LogP) is 6.34. The van der Waals surface area contributed by atoms with Gasteiger partial charge in [-0.2, -0.15) is 0 Å². The lowest BCUT2D eigenvalue weighted by molar-refractivity contribution is 0.0497. The highest BCUT2D eigenvalue weighted by atomic mass is 35.5. The molecule has 4 nitrogen and oxygen atoms in total. The number of benzene rings is 2. The Bertz CT molecular complexity index is 769. The summed E-state index contributed by atoms with van der Waals surface area (Å²) in [5.41, 5.74) is 0.506. The maximum atomic E-state index is 12.4. The van der Waals surface area contributed by atoms with Gasteiger partial charge in [-0.05, 0) is 36.8 Å². The van der Waals surface area contributed by atoms with Crippen molar-refractivity contribution >= 4 is 35.1 Å². The number of esters is 2. The van der Waals surface area contributed by atoms with Crippen LogP contribution in [0.3, 0.4) is 0 Å². The highest BCUT2D eigenvalue weighted by molar-refractivity contribution is 6.37. The molecule has 0 aliphatic heterocycles. The number of hydrogen-bond acceptors (Lipinski definition) is 4. The molecular weight excluding hydrogens is 387 g/mol. The molecule has 144 valence electrons. The lowest BCUT2D eigenvalue weighted by atomic mass is 10.1. The lowest BCUT2D eigenvalue weighted by Crippen LogP contribution is -2.12. The van der Waals surface area contributed by atoms with Crippen LogP contribution in [0, 0.1) is 0 Å². The predicted molar refractivity (Wildman–Crippen MR) is 107 cm³/mol. The smallest absolute Gasteiger partial charge is 0.343 e. The van der Waals surface area contributed by atoms with Crippen molar-refractivity contribution in [3.8, 4) is 5.75 Å². The Balaban J connectivity index is 1.96. The second-order valence-electron chi connectivity index (χ2n) is 6.07. The van der Waals surface area contributed by atoms with Gasteiger partial charge in [0.15, 0.2) is 5.75 Å². The molecule has 0 heterocycles. The number of rotatable bonds is 9. The topological polar surface area (TPSA) is 52.6 Å². The monoisotopic (exact) mass is 408 g/mol. The van der Waals surface area contributed by atoms with Gasteiger partial charge in [-0.15, -0.1) is 0 Å². The largest absolute Gasteiger partial charge is 0.462 e. The third-order valence-electron chi connectivity index (χ3n) is 3.93. The van der Waals surface area contributed by atoms with Gasteiger partial charge in [0.25, 0.3) is 0 Å². The molecule has 2 aromatic carbocycles. The molecule has 0 amide bonds. The average molecular weight is 409 g/mol. The molecule has 27 heavy (non-hydrogen) atoms. The van der Waals surface area contributed by atoms with Crippen LogP contribution in [-0.2, 0) is 4.74 Å². The Kier molecular flexibility index (Phi) is 8.62. The Morgan fingerprint density at radius 2 is 1.44 bits per heavy atom. The Morgan fingerprint density at radius 1 is 0.852 bits per heavy atom. The van der Waals surface area contributed by atoms with Gasteiger partial charge < -0.3 is 9.47 Å². The summed E-state index contributed by atoms with van der Waals surface area (Å²) in [6, 6.07) is 11.0. The van der Waals surface area contributed by atoms with Gasteiger partial charge in [0, 0.05) is 0 Å². The van der Waals surface area contributed by atoms with Crippen LogP contribution >= 0.6 is 23.2 Å². The molecular formula is C21H22Cl2O4. The summed E-state index contributed by atoms with van der Waals surface area (Å²) in [6.07, 6.45) is 5.36. The maximum absolute atomic E-state index is 12.4. The van der Waals surface area contributed by atoms with Crippen LogP contribution in [0.25, 0.3) is 0 Å². The third-order valence-corrected chi connectivity index (χ3v) is 4.52. The van der Waals surface area contributed by atoms with Crippen LogP contribution < -0.4 is 4.74 Å². The van der Waals surface area contributed by atoms with E-state index >= 15 is 0 Å². The van der Waals surface area contributed by atoms with Crippen molar-refractivity contribution in [3.63, 3.8) is 0 Å². The second-order valence-corrected chi connectivity index (χ2v) is 6.89. The summed E-state index contributed by atoms with van der Waals surface area (Å²) in [5, 5.41) is 0.462. The Labute approximate surface area is 169 Å². The zero-order valence-corrected chi connectivity index (χ0v) is 16.7. The van der Waals surface area contributed by atoms with Crippen molar-refractivity contribution in [3.05, 3.63) is 63.6 Å². The van der Waals surface area contributed by atoms with E-state index in [1.807, 2.05) is 0 Å². The molecule has 0 saturated carbocycles. The molecule has 0 aliphatic carbocycles. The minimum absolute atomic E-state index is 0.0888. The van der Waals surface area contributed by atoms with Gasteiger partial charge in [-0.25, -0.2) is 9.59 Å². The number of carbonyl (C=O) groups is 2. The number of hydrogen-bond donors (Lipinski definition) is 0. The first kappa shape index (κ1) is 21.3. The molecule has 0 aromatic heterocycles. The highest BCUT2D eigenvalue weighted by Crippen LogP contribution is 2.32. The molecule has 0 spiro atoms. The molecule has 0 unspecified atom stereocenters. The van der Waals surface area contributed by atoms with E-state index in [4.69, 9.17) is 32.7 Å². The van der Waals surface area contributed by atoms with E-state index in [2.05, 4.69) is 6.92 Å². The first-order valence-corrected chi connectivity index (χ1v) is 9.72. The summed E-state index contributed by atoms with van der Waals surface area (Å²) in [7, 11) is 0. The van der Waals surface area contributed by atoms with E-state index in [0.29, 0.717) is 12.2 Å². The summed E-state index contributed by atoms with van der Waals surface area (Å²) in [6.45, 7) is 2.52. The molecule has 0 N–H and O–H groups in total. The first-order valence-electron chi connectivity index (χ1n) is 8.96. The molecule has 0 radical (unpaired) electrons. The zero-order chi connectivity index (χ0) is 19.6. The quantitative estimate of drug-likeness (QED) is 0.276. The third kappa shape index (κ3) is 6.56. The molecule has 0 bridgehead atoms. The van der Waals surface area contributed by atoms with Crippen LogP contribution in [0.2, 0.25) is 10.0 Å². The van der Waals surface area contributed by atoms with Gasteiger partial charge in [0.05, 0.1) is 27.8 Å². The van der Waals surface area contributed by atoms with Crippen LogP contribution in [0.4, 0.5) is 0 Å². The molecule has 0 saturated heterocycles. The van der Waals surface area contributed by atoms with E-state index in [1.54, 1.807) is 36.4 Å². The molecule has 0 atom stereocenters. The van der Waals surface area contributed by atoms with Gasteiger partial charge in [0.2, 0.25) is 0 Å². The van der Waals surface area contributed by atoms with Gasteiger partial charge in [-0.1, -0.05) is 67.9 Å². The molecule has 0 aliphatic rings. The highest BCUT2D eigenvalue weighted by Gasteiger charge is 2.16. The van der Waals surface area contributed by atoms with Crippen molar-refractivity contribution < 1.29 is 19.1 Å². The van der Waals surface area contributed by atoms with Crippen LogP contribution in [0.5, 0.6) is 5.75 Å². The van der Waals surface area contributed by atoms with Crippen molar-refractivity contribution in [1.29, 1.82) is 0 Å². The van der Waals surface area contributed by atoms with Gasteiger partial charge in [-0.3, -0.25) is 0 Å². The fourth-order valence-corrected chi connectivity index (χ4v) is 2.93. The van der Waals surface area contributed by atoms with Crippen LogP contribution in [-0.4, -0.2) is 18.5 Å². The van der Waals surface area contributed by atoms with E-state index in [1.165, 1.54) is 18.9 Å². The van der Waals surface area contributed by atoms with E-state index < -0.39 is 11.9 Å². The molecule has 2 aromatic rings. The summed E-state index contributed by atoms with van der Waals surface area (Å²) >= 11 is 12.0. The van der Waals surface area contributed by atoms with Crippen LogP contribution in [0.1, 0.15) is 59.7 Å². The molecule has 2 rings (SSSR count). The fourth-order valence-electron chi connectivity index (χ4n) is 2.46. The van der Waals surface area contributed by atoms with E-state index in [-0.39, 0.29) is 21.4 Å². The fraction of sp³-hybridized carbons (Fsp3) is 0.333. The van der Waals surface area contributed by atoms with Crippen molar-refractivity contribution in [1.82, 2.24) is 0 Å². The summed E-state index contributed by atoms with van der Waals surface area (Å²) < 4.78 is 10.5. The number of unbranched alkanes of at least 4 members (excludes halogenated alkanes) is 4. The van der Waals surface area contributed by atoms with E-state index in [0.717, 1.165) is 19.3 Å². The standard InChI is InChI=1S/C21H22Cl2O4/c1-2-3-4-5-6-13-26-20(24)15-9-7-10-16(14-15)21(25)27-19-17(22)11-8-12-18(19)23/h7-12,14H,2-6,13H2,1H3. The normalized spacial score (nSPS) is 10.5. The lowest BCUT2D eigenvalue weighted by Gasteiger charge is -2.09. The number of carbonyl (C=O) groups excluding carboxylic acids is 2. The SMILES string of the molecule is CCCCCCCOC(=O)c1cccc(C(=O)Oc2c(Cl)cccc2Cl)c1. The van der Waals surface area contributed by atoms with Crippen molar-refractivity contribution in [2.75, 3.05) is 6.61 Å². The summed E-state index contributed by atoms with van der Waals surface area (Å²) in [5.74, 6) is -1.03. The summed E-state index contributed by atoms with van der Waals surface area (Å²) in [4.78, 5) is 24.5. The Morgan fingerprint density at radius 3 is 2.11 bits per heavy atom. The molecule has 0 fully saturated rings. The number of halogens is 2. The van der Waals surface area contributed by atoms with E-state index in [9.17, 15) is 9.59 Å². The first-order chi connectivity index (χ1) is 13.0. The number of para-hydroxylation sites is 1. The minimum Gasteiger partial charge on any atom is -0.462 e. The average Bonchev–Trinajstić information content (AvgIpc) is 2.67. The maximum Gasteiger partial charge on any atom is 0.343 e. The zero-order valence-electron chi connectivity index (χ0n) is 15.2.